The quantitative estimate of drug-likeness (QED) is 0.888. The van der Waals surface area contributed by atoms with Crippen LogP contribution in [0.3, 0.4) is 0 Å². The summed E-state index contributed by atoms with van der Waals surface area (Å²) in [5, 5.41) is 9.19. The molecule has 18 heavy (non-hydrogen) atoms. The Labute approximate surface area is 111 Å². The first-order valence-electron chi connectivity index (χ1n) is 6.21. The molecule has 0 bridgehead atoms. The molecule has 1 saturated heterocycles. The van der Waals surface area contributed by atoms with Crippen molar-refractivity contribution in [1.29, 1.82) is 0 Å². The van der Waals surface area contributed by atoms with Crippen LogP contribution in [0.4, 0.5) is 0 Å². The van der Waals surface area contributed by atoms with Gasteiger partial charge in [-0.15, -0.1) is 11.3 Å². The molecular weight excluding hydrogens is 250 g/mol. The van der Waals surface area contributed by atoms with E-state index < -0.39 is 11.9 Å². The van der Waals surface area contributed by atoms with Gasteiger partial charge in [-0.25, -0.2) is 0 Å². The number of hydrogen-bond donors (Lipinski definition) is 1. The zero-order valence-corrected chi connectivity index (χ0v) is 11.6. The predicted molar refractivity (Wildman–Crippen MR) is 70.9 cm³/mol. The van der Waals surface area contributed by atoms with E-state index in [9.17, 15) is 9.90 Å². The van der Waals surface area contributed by atoms with Gasteiger partial charge in [0.15, 0.2) is 0 Å². The van der Waals surface area contributed by atoms with Gasteiger partial charge in [-0.1, -0.05) is 6.92 Å². The standard InChI is InChI=1S/C13H19NO3S/c1-3-14(6-10-5-4-9(2)18-10)12-8-17-7-11(12)13(15)16/h4-5,11-12H,3,6-8H2,1-2H3,(H,15,16). The maximum absolute atomic E-state index is 11.2. The number of rotatable bonds is 5. The molecule has 0 radical (unpaired) electrons. The molecule has 0 aliphatic carbocycles. The highest BCUT2D eigenvalue weighted by Crippen LogP contribution is 2.24. The Kier molecular flexibility index (Phi) is 4.37. The summed E-state index contributed by atoms with van der Waals surface area (Å²) in [7, 11) is 0. The number of aliphatic carboxylic acids is 1. The second-order valence-electron chi connectivity index (χ2n) is 4.62. The van der Waals surface area contributed by atoms with E-state index in [1.807, 2.05) is 0 Å². The minimum atomic E-state index is -0.752. The fourth-order valence-corrected chi connectivity index (χ4v) is 3.29. The topological polar surface area (TPSA) is 49.8 Å². The maximum Gasteiger partial charge on any atom is 0.310 e. The number of hydrogen-bond acceptors (Lipinski definition) is 4. The van der Waals surface area contributed by atoms with Gasteiger partial charge in [-0.2, -0.15) is 0 Å². The van der Waals surface area contributed by atoms with Crippen LogP contribution in [-0.4, -0.2) is 41.8 Å². The molecule has 1 aromatic rings. The van der Waals surface area contributed by atoms with Gasteiger partial charge in [-0.3, -0.25) is 9.69 Å². The zero-order chi connectivity index (χ0) is 13.1. The van der Waals surface area contributed by atoms with Crippen LogP contribution in [0.15, 0.2) is 12.1 Å². The maximum atomic E-state index is 11.2. The number of likely N-dealkylation sites (N-methyl/N-ethyl adjacent to an activating group) is 1. The normalized spacial score (nSPS) is 23.7. The summed E-state index contributed by atoms with van der Waals surface area (Å²) in [5.74, 6) is -1.15. The van der Waals surface area contributed by atoms with Crippen LogP contribution in [0, 0.1) is 12.8 Å². The van der Waals surface area contributed by atoms with Gasteiger partial charge in [0, 0.05) is 22.3 Å². The predicted octanol–water partition coefficient (Wildman–Crippen LogP) is 1.98. The van der Waals surface area contributed by atoms with Crippen molar-refractivity contribution < 1.29 is 14.6 Å². The van der Waals surface area contributed by atoms with E-state index in [0.717, 1.165) is 13.1 Å². The molecule has 1 aliphatic heterocycles. The number of carboxylic acid groups (broad SMARTS) is 1. The molecule has 2 rings (SSSR count). The summed E-state index contributed by atoms with van der Waals surface area (Å²) < 4.78 is 5.34. The second-order valence-corrected chi connectivity index (χ2v) is 6.00. The van der Waals surface area contributed by atoms with Gasteiger partial charge < -0.3 is 9.84 Å². The molecule has 1 aromatic heterocycles. The van der Waals surface area contributed by atoms with E-state index >= 15 is 0 Å². The molecular formula is C13H19NO3S. The summed E-state index contributed by atoms with van der Waals surface area (Å²) in [6.45, 7) is 6.66. The van der Waals surface area contributed by atoms with Gasteiger partial charge in [-0.05, 0) is 25.6 Å². The average Bonchev–Trinajstić information content (AvgIpc) is 2.94. The van der Waals surface area contributed by atoms with E-state index in [1.54, 1.807) is 11.3 Å². The highest BCUT2D eigenvalue weighted by molar-refractivity contribution is 7.11. The van der Waals surface area contributed by atoms with E-state index in [-0.39, 0.29) is 6.04 Å². The Balaban J connectivity index is 2.06. The zero-order valence-electron chi connectivity index (χ0n) is 10.8. The lowest BCUT2D eigenvalue weighted by atomic mass is 10.0. The molecule has 1 aliphatic rings. The van der Waals surface area contributed by atoms with Gasteiger partial charge in [0.05, 0.1) is 19.1 Å². The molecule has 2 heterocycles. The van der Waals surface area contributed by atoms with E-state index in [2.05, 4.69) is 30.9 Å². The number of carboxylic acids is 1. The number of thiophene rings is 1. The summed E-state index contributed by atoms with van der Waals surface area (Å²) in [4.78, 5) is 16.0. The molecule has 0 aromatic carbocycles. The molecule has 1 N–H and O–H groups in total. The monoisotopic (exact) mass is 269 g/mol. The fraction of sp³-hybridized carbons (Fsp3) is 0.615. The highest BCUT2D eigenvalue weighted by atomic mass is 32.1. The van der Waals surface area contributed by atoms with Crippen molar-refractivity contribution in [3.8, 4) is 0 Å². The van der Waals surface area contributed by atoms with Gasteiger partial charge in [0.2, 0.25) is 0 Å². The van der Waals surface area contributed by atoms with E-state index in [4.69, 9.17) is 4.74 Å². The largest absolute Gasteiger partial charge is 0.481 e. The Morgan fingerprint density at radius 3 is 2.89 bits per heavy atom. The summed E-state index contributed by atoms with van der Waals surface area (Å²) in [5.41, 5.74) is 0. The van der Waals surface area contributed by atoms with E-state index in [0.29, 0.717) is 13.2 Å². The third kappa shape index (κ3) is 2.91. The fourth-order valence-electron chi connectivity index (χ4n) is 2.37. The van der Waals surface area contributed by atoms with Crippen molar-refractivity contribution in [1.82, 2.24) is 4.90 Å². The molecule has 2 unspecified atom stereocenters. The third-order valence-corrected chi connectivity index (χ3v) is 4.38. The van der Waals surface area contributed by atoms with Gasteiger partial charge in [0.25, 0.3) is 0 Å². The van der Waals surface area contributed by atoms with Crippen molar-refractivity contribution in [2.24, 2.45) is 5.92 Å². The van der Waals surface area contributed by atoms with Crippen LogP contribution in [0.2, 0.25) is 0 Å². The van der Waals surface area contributed by atoms with Crippen LogP contribution in [0.5, 0.6) is 0 Å². The molecule has 4 nitrogen and oxygen atoms in total. The first-order chi connectivity index (χ1) is 8.61. The number of carbonyl (C=O) groups is 1. The van der Waals surface area contributed by atoms with Crippen LogP contribution in [-0.2, 0) is 16.1 Å². The lowest BCUT2D eigenvalue weighted by Crippen LogP contribution is -2.42. The molecule has 1 fully saturated rings. The third-order valence-electron chi connectivity index (χ3n) is 3.40. The van der Waals surface area contributed by atoms with Crippen LogP contribution >= 0.6 is 11.3 Å². The van der Waals surface area contributed by atoms with Crippen LogP contribution in [0.1, 0.15) is 16.7 Å². The molecule has 100 valence electrons. The molecule has 0 spiro atoms. The Morgan fingerprint density at radius 2 is 2.33 bits per heavy atom. The number of nitrogens with zero attached hydrogens (tertiary/aromatic N) is 1. The Morgan fingerprint density at radius 1 is 1.56 bits per heavy atom. The SMILES string of the molecule is CCN(Cc1ccc(C)s1)C1COCC1C(=O)O. The average molecular weight is 269 g/mol. The minimum Gasteiger partial charge on any atom is -0.481 e. The van der Waals surface area contributed by atoms with Crippen LogP contribution in [0.25, 0.3) is 0 Å². The lowest BCUT2D eigenvalue weighted by Gasteiger charge is -2.28. The molecule has 2 atom stereocenters. The molecule has 0 saturated carbocycles. The van der Waals surface area contributed by atoms with Crippen molar-refractivity contribution >= 4 is 17.3 Å². The molecule has 5 heteroatoms. The van der Waals surface area contributed by atoms with Crippen LogP contribution < -0.4 is 0 Å². The lowest BCUT2D eigenvalue weighted by molar-refractivity contribution is -0.143. The van der Waals surface area contributed by atoms with E-state index in [1.165, 1.54) is 9.75 Å². The van der Waals surface area contributed by atoms with Crippen molar-refractivity contribution in [2.75, 3.05) is 19.8 Å². The molecule has 0 amide bonds. The summed E-state index contributed by atoms with van der Waals surface area (Å²) in [6, 6.07) is 4.22. The number of aryl methyl sites for hydroxylation is 1. The Hall–Kier alpha value is -0.910. The first kappa shape index (κ1) is 13.5. The van der Waals surface area contributed by atoms with Gasteiger partial charge >= 0.3 is 5.97 Å². The summed E-state index contributed by atoms with van der Waals surface area (Å²) in [6.07, 6.45) is 0. The van der Waals surface area contributed by atoms with Crippen molar-refractivity contribution in [3.63, 3.8) is 0 Å². The highest BCUT2D eigenvalue weighted by Gasteiger charge is 2.37. The van der Waals surface area contributed by atoms with Crippen molar-refractivity contribution in [2.45, 2.75) is 26.4 Å². The summed E-state index contributed by atoms with van der Waals surface area (Å²) >= 11 is 1.77. The Bertz CT molecular complexity index is 418. The minimum absolute atomic E-state index is 0.00472. The second kappa shape index (κ2) is 5.82. The van der Waals surface area contributed by atoms with Crippen molar-refractivity contribution in [3.05, 3.63) is 21.9 Å². The first-order valence-corrected chi connectivity index (χ1v) is 7.03. The van der Waals surface area contributed by atoms with Gasteiger partial charge in [0.1, 0.15) is 0 Å². The number of ether oxygens (including phenoxy) is 1. The smallest absolute Gasteiger partial charge is 0.310 e.